The van der Waals surface area contributed by atoms with Crippen LogP contribution in [0.5, 0.6) is 0 Å². The first kappa shape index (κ1) is 10.0. The van der Waals surface area contributed by atoms with Crippen LogP contribution in [0.15, 0.2) is 36.5 Å². The van der Waals surface area contributed by atoms with Crippen LogP contribution < -0.4 is 0 Å². The number of hydrogen-bond donors (Lipinski definition) is 1. The molecule has 0 saturated carbocycles. The van der Waals surface area contributed by atoms with Crippen molar-refractivity contribution < 1.29 is 0 Å². The van der Waals surface area contributed by atoms with Crippen LogP contribution >= 0.6 is 0 Å². The summed E-state index contributed by atoms with van der Waals surface area (Å²) in [4.78, 5) is 4.35. The number of nitrogens with zero attached hydrogens (tertiary/aromatic N) is 2. The number of hydrogen-bond acceptors (Lipinski definition) is 2. The van der Waals surface area contributed by atoms with Gasteiger partial charge >= 0.3 is 0 Å². The average molecular weight is 223 g/mol. The standard InChI is InChI=1S/C14H13N3/c1-9-8-15-14-13(10(2)16-17-14)12(9)11-6-4-3-5-7-11/h3-8H,1-2H3,(H,15,16,17). The number of fused-ring (bicyclic) bond motifs is 1. The summed E-state index contributed by atoms with van der Waals surface area (Å²) in [5, 5.41) is 8.33. The lowest BCUT2D eigenvalue weighted by molar-refractivity contribution is 1.05. The largest absolute Gasteiger partial charge is 0.280 e. The molecular weight excluding hydrogens is 210 g/mol. The van der Waals surface area contributed by atoms with Crippen LogP contribution in [0.4, 0.5) is 0 Å². The molecule has 3 nitrogen and oxygen atoms in total. The van der Waals surface area contributed by atoms with Crippen molar-refractivity contribution in [2.45, 2.75) is 13.8 Å². The number of nitrogens with one attached hydrogen (secondary N) is 1. The minimum atomic E-state index is 0.784. The molecule has 17 heavy (non-hydrogen) atoms. The van der Waals surface area contributed by atoms with Gasteiger partial charge in [0.1, 0.15) is 0 Å². The number of aromatic nitrogens is 3. The van der Waals surface area contributed by atoms with Gasteiger partial charge in [-0.1, -0.05) is 30.3 Å². The summed E-state index contributed by atoms with van der Waals surface area (Å²) in [5.74, 6) is 0. The lowest BCUT2D eigenvalue weighted by Gasteiger charge is -2.07. The Balaban J connectivity index is 2.42. The van der Waals surface area contributed by atoms with E-state index >= 15 is 0 Å². The minimum absolute atomic E-state index is 0.784. The van der Waals surface area contributed by atoms with Gasteiger partial charge in [-0.05, 0) is 30.5 Å². The fraction of sp³-hybridized carbons (Fsp3) is 0.143. The van der Waals surface area contributed by atoms with Gasteiger partial charge in [-0.2, -0.15) is 5.10 Å². The molecule has 0 atom stereocenters. The molecule has 0 spiro atoms. The second-order valence-corrected chi connectivity index (χ2v) is 4.23. The fourth-order valence-corrected chi connectivity index (χ4v) is 2.21. The summed E-state index contributed by atoms with van der Waals surface area (Å²) in [7, 11) is 0. The van der Waals surface area contributed by atoms with E-state index in [0.29, 0.717) is 0 Å². The smallest absolute Gasteiger partial charge is 0.181 e. The topological polar surface area (TPSA) is 41.6 Å². The molecule has 84 valence electrons. The Bertz CT molecular complexity index is 669. The molecule has 3 aromatic rings. The van der Waals surface area contributed by atoms with Crippen molar-refractivity contribution in [3.8, 4) is 11.1 Å². The van der Waals surface area contributed by atoms with Crippen molar-refractivity contribution >= 4 is 11.0 Å². The first-order valence-electron chi connectivity index (χ1n) is 5.63. The van der Waals surface area contributed by atoms with Crippen LogP contribution in [0.1, 0.15) is 11.3 Å². The number of aryl methyl sites for hydroxylation is 2. The van der Waals surface area contributed by atoms with Gasteiger partial charge in [0.15, 0.2) is 5.65 Å². The van der Waals surface area contributed by atoms with Crippen LogP contribution in [0.2, 0.25) is 0 Å². The van der Waals surface area contributed by atoms with Crippen molar-refractivity contribution in [1.29, 1.82) is 0 Å². The normalized spacial score (nSPS) is 10.9. The number of rotatable bonds is 1. The predicted molar refractivity (Wildman–Crippen MR) is 68.8 cm³/mol. The number of H-pyrrole nitrogens is 1. The summed E-state index contributed by atoms with van der Waals surface area (Å²) >= 11 is 0. The molecule has 0 bridgehead atoms. The molecule has 0 unspecified atom stereocenters. The number of pyridine rings is 1. The minimum Gasteiger partial charge on any atom is -0.280 e. The van der Waals surface area contributed by atoms with E-state index < -0.39 is 0 Å². The molecular formula is C14H13N3. The third kappa shape index (κ3) is 1.51. The third-order valence-electron chi connectivity index (χ3n) is 3.02. The number of benzene rings is 1. The Morgan fingerprint density at radius 3 is 2.59 bits per heavy atom. The van der Waals surface area contributed by atoms with Gasteiger partial charge in [0.2, 0.25) is 0 Å². The maximum Gasteiger partial charge on any atom is 0.181 e. The van der Waals surface area contributed by atoms with E-state index in [2.05, 4.69) is 46.4 Å². The van der Waals surface area contributed by atoms with E-state index in [-0.39, 0.29) is 0 Å². The Morgan fingerprint density at radius 1 is 1.06 bits per heavy atom. The summed E-state index contributed by atoms with van der Waals surface area (Å²) in [6.07, 6.45) is 1.88. The highest BCUT2D eigenvalue weighted by Gasteiger charge is 2.12. The van der Waals surface area contributed by atoms with Crippen molar-refractivity contribution in [2.24, 2.45) is 0 Å². The molecule has 3 heteroatoms. The second-order valence-electron chi connectivity index (χ2n) is 4.23. The van der Waals surface area contributed by atoms with Crippen LogP contribution in [-0.2, 0) is 0 Å². The highest BCUT2D eigenvalue weighted by Crippen LogP contribution is 2.31. The first-order valence-corrected chi connectivity index (χ1v) is 5.63. The van der Waals surface area contributed by atoms with Gasteiger partial charge in [0.25, 0.3) is 0 Å². The summed E-state index contributed by atoms with van der Waals surface area (Å²) in [6, 6.07) is 10.4. The molecule has 0 fully saturated rings. The van der Waals surface area contributed by atoms with Gasteiger partial charge in [-0.15, -0.1) is 0 Å². The summed E-state index contributed by atoms with van der Waals surface area (Å²) < 4.78 is 0. The molecule has 3 rings (SSSR count). The van der Waals surface area contributed by atoms with Gasteiger partial charge in [-0.25, -0.2) is 4.98 Å². The predicted octanol–water partition coefficient (Wildman–Crippen LogP) is 3.24. The maximum atomic E-state index is 4.35. The van der Waals surface area contributed by atoms with Crippen LogP contribution in [0.3, 0.4) is 0 Å². The molecule has 0 aliphatic carbocycles. The quantitative estimate of drug-likeness (QED) is 0.688. The number of aromatic amines is 1. The van der Waals surface area contributed by atoms with E-state index in [1.165, 1.54) is 16.7 Å². The monoisotopic (exact) mass is 223 g/mol. The van der Waals surface area contributed by atoms with Crippen LogP contribution in [0, 0.1) is 13.8 Å². The SMILES string of the molecule is Cc1cnc2n[nH]c(C)c2c1-c1ccccc1. The zero-order chi connectivity index (χ0) is 11.8. The maximum absolute atomic E-state index is 4.35. The molecule has 2 aromatic heterocycles. The van der Waals surface area contributed by atoms with E-state index in [1.807, 2.05) is 19.2 Å². The zero-order valence-corrected chi connectivity index (χ0v) is 9.86. The van der Waals surface area contributed by atoms with Gasteiger partial charge in [0, 0.05) is 17.3 Å². The summed E-state index contributed by atoms with van der Waals surface area (Å²) in [5.41, 5.74) is 5.46. The van der Waals surface area contributed by atoms with Crippen LogP contribution in [-0.4, -0.2) is 15.2 Å². The molecule has 0 aliphatic rings. The Kier molecular flexibility index (Phi) is 2.18. The molecule has 0 amide bonds. The highest BCUT2D eigenvalue weighted by atomic mass is 15.1. The first-order chi connectivity index (χ1) is 8.27. The van der Waals surface area contributed by atoms with Gasteiger partial charge < -0.3 is 0 Å². The van der Waals surface area contributed by atoms with Gasteiger partial charge in [-0.3, -0.25) is 5.10 Å². The van der Waals surface area contributed by atoms with E-state index in [1.54, 1.807) is 0 Å². The van der Waals surface area contributed by atoms with E-state index in [0.717, 1.165) is 16.7 Å². The summed E-state index contributed by atoms with van der Waals surface area (Å²) in [6.45, 7) is 4.12. The van der Waals surface area contributed by atoms with Crippen molar-refractivity contribution in [3.63, 3.8) is 0 Å². The Labute approximate surface area is 99.5 Å². The highest BCUT2D eigenvalue weighted by molar-refractivity contribution is 5.95. The third-order valence-corrected chi connectivity index (χ3v) is 3.02. The molecule has 0 radical (unpaired) electrons. The zero-order valence-electron chi connectivity index (χ0n) is 9.86. The Morgan fingerprint density at radius 2 is 1.82 bits per heavy atom. The molecule has 0 saturated heterocycles. The fourth-order valence-electron chi connectivity index (χ4n) is 2.21. The van der Waals surface area contributed by atoms with Crippen LogP contribution in [0.25, 0.3) is 22.2 Å². The van der Waals surface area contributed by atoms with E-state index in [9.17, 15) is 0 Å². The van der Waals surface area contributed by atoms with Gasteiger partial charge in [0.05, 0.1) is 0 Å². The average Bonchev–Trinajstić information content (AvgIpc) is 2.73. The van der Waals surface area contributed by atoms with Crippen molar-refractivity contribution in [3.05, 3.63) is 47.8 Å². The Hall–Kier alpha value is -2.16. The van der Waals surface area contributed by atoms with Crippen molar-refractivity contribution in [1.82, 2.24) is 15.2 Å². The molecule has 0 aliphatic heterocycles. The second kappa shape index (κ2) is 3.70. The molecule has 1 N–H and O–H groups in total. The van der Waals surface area contributed by atoms with E-state index in [4.69, 9.17) is 0 Å². The molecule has 2 heterocycles. The van der Waals surface area contributed by atoms with Crippen molar-refractivity contribution in [2.75, 3.05) is 0 Å². The molecule has 1 aromatic carbocycles. The lowest BCUT2D eigenvalue weighted by Crippen LogP contribution is -1.88. The lowest BCUT2D eigenvalue weighted by atomic mass is 9.98.